The normalized spacial score (nSPS) is 23.9. The zero-order valence-corrected chi connectivity index (χ0v) is 12.0. The number of likely N-dealkylation sites (tertiary alicyclic amines) is 1. The van der Waals surface area contributed by atoms with Gasteiger partial charge >= 0.3 is 0 Å². The first-order valence-electron chi connectivity index (χ1n) is 7.42. The highest BCUT2D eigenvalue weighted by Crippen LogP contribution is 2.35. The number of nitrogens with zero attached hydrogens (tertiary/aromatic N) is 2. The second kappa shape index (κ2) is 5.02. The Kier molecular flexibility index (Phi) is 2.99. The maximum atomic E-state index is 12.6. The average Bonchev–Trinajstić information content (AvgIpc) is 3.25. The van der Waals surface area contributed by atoms with E-state index in [2.05, 4.69) is 0 Å². The molecule has 0 saturated carbocycles. The topological polar surface area (TPSA) is 53.8 Å². The van der Waals surface area contributed by atoms with Crippen LogP contribution in [0.1, 0.15) is 10.4 Å². The van der Waals surface area contributed by atoms with E-state index in [1.54, 1.807) is 11.0 Å². The van der Waals surface area contributed by atoms with E-state index in [9.17, 15) is 9.59 Å². The van der Waals surface area contributed by atoms with Gasteiger partial charge in [-0.25, -0.2) is 0 Å². The minimum absolute atomic E-state index is 0.0535. The minimum Gasteiger partial charge on any atom is -0.472 e. The summed E-state index contributed by atoms with van der Waals surface area (Å²) in [6, 6.07) is 11.4. The van der Waals surface area contributed by atoms with Crippen molar-refractivity contribution >= 4 is 17.5 Å². The van der Waals surface area contributed by atoms with Crippen molar-refractivity contribution in [2.75, 3.05) is 24.5 Å². The molecule has 5 heteroatoms. The van der Waals surface area contributed by atoms with Crippen LogP contribution in [0.25, 0.3) is 0 Å². The molecule has 0 spiro atoms. The SMILES string of the molecule is O=C(c1ccoc1)N1C[C@@H]2CN(c3ccccc3)C(=O)[C@H]2C1. The van der Waals surface area contributed by atoms with E-state index in [0.29, 0.717) is 25.2 Å². The van der Waals surface area contributed by atoms with E-state index in [1.807, 2.05) is 35.2 Å². The molecule has 112 valence electrons. The van der Waals surface area contributed by atoms with E-state index >= 15 is 0 Å². The predicted molar refractivity (Wildman–Crippen MR) is 80.4 cm³/mol. The van der Waals surface area contributed by atoms with E-state index in [1.165, 1.54) is 12.5 Å². The molecular formula is C17H16N2O3. The number of fused-ring (bicyclic) bond motifs is 1. The minimum atomic E-state index is -0.0870. The van der Waals surface area contributed by atoms with Gasteiger partial charge in [0.15, 0.2) is 0 Å². The van der Waals surface area contributed by atoms with Gasteiger partial charge in [0.2, 0.25) is 5.91 Å². The molecule has 2 fully saturated rings. The smallest absolute Gasteiger partial charge is 0.257 e. The number of para-hydroxylation sites is 1. The average molecular weight is 296 g/mol. The molecule has 2 saturated heterocycles. The molecule has 2 amide bonds. The van der Waals surface area contributed by atoms with Gasteiger partial charge in [0.05, 0.1) is 17.7 Å². The molecule has 0 radical (unpaired) electrons. The second-order valence-corrected chi connectivity index (χ2v) is 5.87. The zero-order chi connectivity index (χ0) is 15.1. The highest BCUT2D eigenvalue weighted by molar-refractivity contribution is 6.00. The highest BCUT2D eigenvalue weighted by Gasteiger charge is 2.47. The van der Waals surface area contributed by atoms with Crippen molar-refractivity contribution in [2.24, 2.45) is 11.8 Å². The van der Waals surface area contributed by atoms with Crippen LogP contribution in [0.3, 0.4) is 0 Å². The first kappa shape index (κ1) is 13.1. The third-order valence-corrected chi connectivity index (χ3v) is 4.56. The number of carbonyl (C=O) groups excluding carboxylic acids is 2. The number of amides is 2. The Morgan fingerprint density at radius 2 is 1.91 bits per heavy atom. The molecule has 2 aliphatic heterocycles. The Morgan fingerprint density at radius 1 is 1.09 bits per heavy atom. The monoisotopic (exact) mass is 296 g/mol. The number of rotatable bonds is 2. The quantitative estimate of drug-likeness (QED) is 0.852. The molecule has 0 N–H and O–H groups in total. The number of hydrogen-bond acceptors (Lipinski definition) is 3. The molecule has 0 aliphatic carbocycles. The summed E-state index contributed by atoms with van der Waals surface area (Å²) in [5, 5.41) is 0. The van der Waals surface area contributed by atoms with E-state index in [-0.39, 0.29) is 23.7 Å². The largest absolute Gasteiger partial charge is 0.472 e. The van der Waals surface area contributed by atoms with Crippen LogP contribution in [0.2, 0.25) is 0 Å². The van der Waals surface area contributed by atoms with Crippen LogP contribution >= 0.6 is 0 Å². The first-order valence-corrected chi connectivity index (χ1v) is 7.42. The fraction of sp³-hybridized carbons (Fsp3) is 0.294. The summed E-state index contributed by atoms with van der Waals surface area (Å²) in [6.45, 7) is 1.81. The third kappa shape index (κ3) is 2.01. The van der Waals surface area contributed by atoms with Crippen molar-refractivity contribution < 1.29 is 14.0 Å². The lowest BCUT2D eigenvalue weighted by atomic mass is 10.0. The maximum Gasteiger partial charge on any atom is 0.257 e. The molecule has 1 aromatic carbocycles. The van der Waals surface area contributed by atoms with Crippen LogP contribution in [-0.2, 0) is 4.79 Å². The zero-order valence-electron chi connectivity index (χ0n) is 12.0. The summed E-state index contributed by atoms with van der Waals surface area (Å²) < 4.78 is 4.96. The van der Waals surface area contributed by atoms with Crippen LogP contribution in [0.5, 0.6) is 0 Å². The Hall–Kier alpha value is -2.56. The summed E-state index contributed by atoms with van der Waals surface area (Å²) in [6.07, 6.45) is 2.95. The van der Waals surface area contributed by atoms with Crippen molar-refractivity contribution in [3.8, 4) is 0 Å². The first-order chi connectivity index (χ1) is 10.7. The summed E-state index contributed by atoms with van der Waals surface area (Å²) >= 11 is 0. The van der Waals surface area contributed by atoms with Crippen molar-refractivity contribution in [2.45, 2.75) is 0 Å². The molecule has 5 nitrogen and oxygen atoms in total. The Bertz CT molecular complexity index is 696. The number of carbonyl (C=O) groups is 2. The lowest BCUT2D eigenvalue weighted by Gasteiger charge is -2.21. The van der Waals surface area contributed by atoms with Gasteiger partial charge in [0, 0.05) is 31.2 Å². The molecule has 0 unspecified atom stereocenters. The number of hydrogen-bond donors (Lipinski definition) is 0. The molecule has 2 aliphatic rings. The number of benzene rings is 1. The van der Waals surface area contributed by atoms with Gasteiger partial charge in [-0.3, -0.25) is 9.59 Å². The summed E-state index contributed by atoms with van der Waals surface area (Å²) in [4.78, 5) is 28.6. The van der Waals surface area contributed by atoms with Crippen molar-refractivity contribution in [1.82, 2.24) is 4.90 Å². The summed E-state index contributed by atoms with van der Waals surface area (Å²) in [5.41, 5.74) is 1.49. The van der Waals surface area contributed by atoms with Gasteiger partial charge in [-0.05, 0) is 18.2 Å². The van der Waals surface area contributed by atoms with Gasteiger partial charge < -0.3 is 14.2 Å². The molecule has 22 heavy (non-hydrogen) atoms. The Morgan fingerprint density at radius 3 is 2.59 bits per heavy atom. The molecule has 0 bridgehead atoms. The molecule has 1 aromatic heterocycles. The van der Waals surface area contributed by atoms with Gasteiger partial charge in [-0.1, -0.05) is 18.2 Å². The molecular weight excluding hydrogens is 280 g/mol. The van der Waals surface area contributed by atoms with Crippen molar-refractivity contribution in [3.05, 3.63) is 54.5 Å². The van der Waals surface area contributed by atoms with Crippen LogP contribution in [0.4, 0.5) is 5.69 Å². The highest BCUT2D eigenvalue weighted by atomic mass is 16.3. The molecule has 2 atom stereocenters. The third-order valence-electron chi connectivity index (χ3n) is 4.56. The van der Waals surface area contributed by atoms with E-state index in [4.69, 9.17) is 4.42 Å². The van der Waals surface area contributed by atoms with Crippen LogP contribution in [0.15, 0.2) is 53.3 Å². The van der Waals surface area contributed by atoms with Crippen LogP contribution in [0, 0.1) is 11.8 Å². The maximum absolute atomic E-state index is 12.6. The second-order valence-electron chi connectivity index (χ2n) is 5.87. The van der Waals surface area contributed by atoms with Crippen LogP contribution in [-0.4, -0.2) is 36.3 Å². The molecule has 3 heterocycles. The van der Waals surface area contributed by atoms with Crippen molar-refractivity contribution in [1.29, 1.82) is 0 Å². The van der Waals surface area contributed by atoms with Crippen LogP contribution < -0.4 is 4.90 Å². The standard InChI is InChI=1S/C17H16N2O3/c20-16(12-6-7-22-11-12)18-8-13-9-19(17(21)15(13)10-18)14-4-2-1-3-5-14/h1-7,11,13,15H,8-10H2/t13-,15+/m1/s1. The molecule has 2 aromatic rings. The van der Waals surface area contributed by atoms with Crippen molar-refractivity contribution in [3.63, 3.8) is 0 Å². The van der Waals surface area contributed by atoms with E-state index < -0.39 is 0 Å². The number of furan rings is 1. The number of anilines is 1. The van der Waals surface area contributed by atoms with Gasteiger partial charge in [-0.15, -0.1) is 0 Å². The van der Waals surface area contributed by atoms with Gasteiger partial charge in [-0.2, -0.15) is 0 Å². The van der Waals surface area contributed by atoms with Gasteiger partial charge in [0.25, 0.3) is 5.91 Å². The summed E-state index contributed by atoms with van der Waals surface area (Å²) in [7, 11) is 0. The summed E-state index contributed by atoms with van der Waals surface area (Å²) in [5.74, 6) is 0.195. The van der Waals surface area contributed by atoms with Gasteiger partial charge in [0.1, 0.15) is 6.26 Å². The van der Waals surface area contributed by atoms with E-state index in [0.717, 1.165) is 5.69 Å². The lowest BCUT2D eigenvalue weighted by Crippen LogP contribution is -2.35. The fourth-order valence-corrected chi connectivity index (χ4v) is 3.44. The lowest BCUT2D eigenvalue weighted by molar-refractivity contribution is -0.120. The fourth-order valence-electron chi connectivity index (χ4n) is 3.44. The molecule has 4 rings (SSSR count). The Balaban J connectivity index is 1.50. The predicted octanol–water partition coefficient (Wildman–Crippen LogP) is 2.01. The Labute approximate surface area is 128 Å².